The molecule has 0 radical (unpaired) electrons. The standard InChI is InChI=1S/C11H9F3O3/c1-6-2-4-7(5-3-6)10(9(15)16)8(17-10)11(12,13)14/h2-5,8H,1H3,(H,15,16). The van der Waals surface area contributed by atoms with Crippen LogP contribution in [0, 0.1) is 6.92 Å². The maximum atomic E-state index is 12.5. The minimum atomic E-state index is -4.68. The maximum Gasteiger partial charge on any atom is 0.418 e. The topological polar surface area (TPSA) is 49.8 Å². The Kier molecular flexibility index (Phi) is 2.43. The normalized spacial score (nSPS) is 27.9. The van der Waals surface area contributed by atoms with Crippen LogP contribution in [-0.4, -0.2) is 23.4 Å². The van der Waals surface area contributed by atoms with Gasteiger partial charge in [0.2, 0.25) is 5.60 Å². The molecule has 92 valence electrons. The number of benzene rings is 1. The van der Waals surface area contributed by atoms with E-state index in [0.29, 0.717) is 0 Å². The fourth-order valence-corrected chi connectivity index (χ4v) is 1.76. The van der Waals surface area contributed by atoms with Gasteiger partial charge < -0.3 is 9.84 Å². The Bertz CT molecular complexity index is 452. The molecule has 0 amide bonds. The number of ether oxygens (including phenoxy) is 1. The van der Waals surface area contributed by atoms with Crippen LogP contribution in [0.2, 0.25) is 0 Å². The van der Waals surface area contributed by atoms with Crippen molar-refractivity contribution in [3.05, 3.63) is 35.4 Å². The number of aryl methyl sites for hydroxylation is 1. The van der Waals surface area contributed by atoms with Crippen molar-refractivity contribution in [1.29, 1.82) is 0 Å². The first-order valence-electron chi connectivity index (χ1n) is 4.83. The van der Waals surface area contributed by atoms with Crippen LogP contribution in [-0.2, 0) is 15.1 Å². The number of alkyl halides is 3. The van der Waals surface area contributed by atoms with E-state index < -0.39 is 23.9 Å². The van der Waals surface area contributed by atoms with E-state index in [9.17, 15) is 18.0 Å². The van der Waals surface area contributed by atoms with Crippen LogP contribution in [0.5, 0.6) is 0 Å². The zero-order valence-corrected chi connectivity index (χ0v) is 8.78. The summed E-state index contributed by atoms with van der Waals surface area (Å²) in [5.41, 5.74) is -1.43. The summed E-state index contributed by atoms with van der Waals surface area (Å²) >= 11 is 0. The van der Waals surface area contributed by atoms with Crippen molar-refractivity contribution < 1.29 is 27.8 Å². The molecule has 2 unspecified atom stereocenters. The summed E-state index contributed by atoms with van der Waals surface area (Å²) < 4.78 is 41.8. The number of carboxylic acid groups (broad SMARTS) is 1. The van der Waals surface area contributed by atoms with Gasteiger partial charge in [0.05, 0.1) is 0 Å². The van der Waals surface area contributed by atoms with Gasteiger partial charge in [0, 0.05) is 0 Å². The Morgan fingerprint density at radius 2 is 1.88 bits per heavy atom. The SMILES string of the molecule is Cc1ccc(C2(C(=O)O)OC2C(F)(F)F)cc1. The molecule has 17 heavy (non-hydrogen) atoms. The zero-order chi connectivity index (χ0) is 12.8. The van der Waals surface area contributed by atoms with Crippen molar-refractivity contribution in [2.24, 2.45) is 0 Å². The van der Waals surface area contributed by atoms with Crippen molar-refractivity contribution in [2.45, 2.75) is 24.8 Å². The molecule has 0 aliphatic carbocycles. The Labute approximate surface area is 94.8 Å². The molecule has 1 aliphatic heterocycles. The van der Waals surface area contributed by atoms with Gasteiger partial charge in [-0.15, -0.1) is 0 Å². The van der Waals surface area contributed by atoms with E-state index >= 15 is 0 Å². The molecule has 0 saturated carbocycles. The van der Waals surface area contributed by atoms with E-state index in [1.807, 2.05) is 0 Å². The quantitative estimate of drug-likeness (QED) is 0.814. The van der Waals surface area contributed by atoms with Crippen LogP contribution in [0.4, 0.5) is 13.2 Å². The highest BCUT2D eigenvalue weighted by Crippen LogP contribution is 2.53. The van der Waals surface area contributed by atoms with Crippen molar-refractivity contribution >= 4 is 5.97 Å². The molecule has 1 aliphatic rings. The highest BCUT2D eigenvalue weighted by Gasteiger charge is 2.75. The van der Waals surface area contributed by atoms with Crippen LogP contribution in [0.1, 0.15) is 11.1 Å². The highest BCUT2D eigenvalue weighted by atomic mass is 19.4. The Morgan fingerprint density at radius 1 is 1.35 bits per heavy atom. The van der Waals surface area contributed by atoms with Crippen LogP contribution in [0.15, 0.2) is 24.3 Å². The molecule has 1 N–H and O–H groups in total. The van der Waals surface area contributed by atoms with Crippen LogP contribution in [0.25, 0.3) is 0 Å². The number of aliphatic carboxylic acids is 1. The molecule has 1 aromatic carbocycles. The van der Waals surface area contributed by atoms with Gasteiger partial charge in [0.15, 0.2) is 6.10 Å². The fraction of sp³-hybridized carbons (Fsp3) is 0.364. The van der Waals surface area contributed by atoms with Gasteiger partial charge in [0.25, 0.3) is 0 Å². The molecule has 0 aromatic heterocycles. The van der Waals surface area contributed by atoms with Gasteiger partial charge in [-0.25, -0.2) is 4.79 Å². The lowest BCUT2D eigenvalue weighted by Gasteiger charge is -2.10. The molecule has 6 heteroatoms. The lowest BCUT2D eigenvalue weighted by molar-refractivity contribution is -0.152. The monoisotopic (exact) mass is 246 g/mol. The van der Waals surface area contributed by atoms with E-state index in [1.165, 1.54) is 12.1 Å². The van der Waals surface area contributed by atoms with Gasteiger partial charge in [-0.1, -0.05) is 29.8 Å². The van der Waals surface area contributed by atoms with E-state index in [4.69, 9.17) is 5.11 Å². The van der Waals surface area contributed by atoms with Crippen LogP contribution >= 0.6 is 0 Å². The lowest BCUT2D eigenvalue weighted by atomic mass is 9.94. The summed E-state index contributed by atoms with van der Waals surface area (Å²) in [7, 11) is 0. The van der Waals surface area contributed by atoms with Crippen LogP contribution < -0.4 is 0 Å². The number of hydrogen-bond donors (Lipinski definition) is 1. The molecule has 1 fully saturated rings. The molecule has 3 nitrogen and oxygen atoms in total. The maximum absolute atomic E-state index is 12.5. The Hall–Kier alpha value is -1.56. The van der Waals surface area contributed by atoms with Crippen molar-refractivity contribution in [3.8, 4) is 0 Å². The summed E-state index contributed by atoms with van der Waals surface area (Å²) in [6.07, 6.45) is -6.95. The predicted molar refractivity (Wildman–Crippen MR) is 51.4 cm³/mol. The minimum absolute atomic E-state index is 0.0120. The molecular weight excluding hydrogens is 237 g/mol. The van der Waals surface area contributed by atoms with E-state index in [0.717, 1.165) is 5.56 Å². The zero-order valence-electron chi connectivity index (χ0n) is 8.78. The minimum Gasteiger partial charge on any atom is -0.479 e. The summed E-state index contributed by atoms with van der Waals surface area (Å²) in [4.78, 5) is 11.0. The third-order valence-corrected chi connectivity index (χ3v) is 2.71. The largest absolute Gasteiger partial charge is 0.479 e. The summed E-state index contributed by atoms with van der Waals surface area (Å²) in [5.74, 6) is -1.62. The summed E-state index contributed by atoms with van der Waals surface area (Å²) in [5, 5.41) is 8.94. The molecule has 1 aromatic rings. The van der Waals surface area contributed by atoms with Gasteiger partial charge in [-0.3, -0.25) is 0 Å². The number of halogens is 3. The number of hydrogen-bond acceptors (Lipinski definition) is 2. The Morgan fingerprint density at radius 3 is 2.24 bits per heavy atom. The first-order valence-corrected chi connectivity index (χ1v) is 4.83. The smallest absolute Gasteiger partial charge is 0.418 e. The number of carbonyl (C=O) groups is 1. The lowest BCUT2D eigenvalue weighted by Crippen LogP contribution is -2.31. The number of carboxylic acids is 1. The third-order valence-electron chi connectivity index (χ3n) is 2.71. The fourth-order valence-electron chi connectivity index (χ4n) is 1.76. The van der Waals surface area contributed by atoms with Crippen molar-refractivity contribution in [1.82, 2.24) is 0 Å². The van der Waals surface area contributed by atoms with Gasteiger partial charge in [-0.2, -0.15) is 13.2 Å². The highest BCUT2D eigenvalue weighted by molar-refractivity contribution is 5.83. The third kappa shape index (κ3) is 1.78. The van der Waals surface area contributed by atoms with E-state index in [1.54, 1.807) is 19.1 Å². The molecule has 1 heterocycles. The second kappa shape index (κ2) is 3.46. The first kappa shape index (κ1) is 11.9. The van der Waals surface area contributed by atoms with Gasteiger partial charge >= 0.3 is 12.1 Å². The van der Waals surface area contributed by atoms with Gasteiger partial charge in [-0.05, 0) is 12.5 Å². The van der Waals surface area contributed by atoms with Crippen molar-refractivity contribution in [3.63, 3.8) is 0 Å². The van der Waals surface area contributed by atoms with E-state index in [-0.39, 0.29) is 5.56 Å². The molecular formula is C11H9F3O3. The second-order valence-electron chi connectivity index (χ2n) is 3.95. The average molecular weight is 246 g/mol. The van der Waals surface area contributed by atoms with Crippen molar-refractivity contribution in [2.75, 3.05) is 0 Å². The summed E-state index contributed by atoms with van der Waals surface area (Å²) in [6, 6.07) is 5.79. The predicted octanol–water partition coefficient (Wildman–Crippen LogP) is 2.24. The molecule has 0 spiro atoms. The molecule has 2 atom stereocenters. The second-order valence-corrected chi connectivity index (χ2v) is 3.95. The molecule has 1 saturated heterocycles. The number of epoxide rings is 1. The Balaban J connectivity index is 2.40. The van der Waals surface area contributed by atoms with Crippen LogP contribution in [0.3, 0.4) is 0 Å². The van der Waals surface area contributed by atoms with Gasteiger partial charge in [0.1, 0.15) is 0 Å². The average Bonchev–Trinajstić information content (AvgIpc) is 2.94. The number of rotatable bonds is 2. The molecule has 0 bridgehead atoms. The molecule has 2 rings (SSSR count). The van der Waals surface area contributed by atoms with E-state index in [2.05, 4.69) is 4.74 Å². The summed E-state index contributed by atoms with van der Waals surface area (Å²) in [6.45, 7) is 1.76. The first-order chi connectivity index (χ1) is 7.78.